The number of likely N-dealkylation sites (tertiary alicyclic amines) is 1. The molecule has 2 saturated heterocycles. The lowest BCUT2D eigenvalue weighted by atomic mass is 9.97. The molecule has 1 N–H and O–H groups in total. The Bertz CT molecular complexity index is 709. The lowest BCUT2D eigenvalue weighted by Crippen LogP contribution is -2.46. The summed E-state index contributed by atoms with van der Waals surface area (Å²) in [7, 11) is 3.22. The number of nitrogens with one attached hydrogen (secondary N) is 1. The normalized spacial score (nSPS) is 18.9. The standard InChI is InChI=1S/C21H30N4O3/c1-22-21(24-13-10-17(11-14-24)20(27)28-2)23-15-16-6-8-18(9-7-16)25-12-4-3-5-19(25)26/h6-9,17H,3-5,10-15H2,1-2H3,(H,22,23). The SMILES string of the molecule is CN=C(NCc1ccc(N2CCCCC2=O)cc1)N1CCC(C(=O)OC)CC1. The molecule has 1 aromatic carbocycles. The molecule has 0 saturated carbocycles. The summed E-state index contributed by atoms with van der Waals surface area (Å²) in [4.78, 5) is 32.2. The fraction of sp³-hybridized carbons (Fsp3) is 0.571. The van der Waals surface area contributed by atoms with Crippen LogP contribution in [0.15, 0.2) is 29.3 Å². The van der Waals surface area contributed by atoms with Gasteiger partial charge in [0.15, 0.2) is 5.96 Å². The van der Waals surface area contributed by atoms with Crippen LogP contribution in [0.3, 0.4) is 0 Å². The van der Waals surface area contributed by atoms with Crippen molar-refractivity contribution in [1.82, 2.24) is 10.2 Å². The Kier molecular flexibility index (Phi) is 6.90. The lowest BCUT2D eigenvalue weighted by Gasteiger charge is -2.33. The van der Waals surface area contributed by atoms with Crippen LogP contribution in [0.4, 0.5) is 5.69 Å². The molecule has 3 rings (SSSR count). The minimum absolute atomic E-state index is 0.00982. The fourth-order valence-corrected chi connectivity index (χ4v) is 3.88. The van der Waals surface area contributed by atoms with E-state index < -0.39 is 0 Å². The Balaban J connectivity index is 1.51. The first-order valence-corrected chi connectivity index (χ1v) is 10.0. The molecular formula is C21H30N4O3. The number of esters is 1. The molecule has 2 heterocycles. The molecule has 28 heavy (non-hydrogen) atoms. The van der Waals surface area contributed by atoms with Gasteiger partial charge in [-0.2, -0.15) is 0 Å². The molecule has 2 fully saturated rings. The number of hydrogen-bond donors (Lipinski definition) is 1. The number of aliphatic imine (C=N–C) groups is 1. The number of rotatable bonds is 4. The molecular weight excluding hydrogens is 356 g/mol. The first-order valence-electron chi connectivity index (χ1n) is 10.0. The van der Waals surface area contributed by atoms with Crippen LogP contribution in [0.5, 0.6) is 0 Å². The summed E-state index contributed by atoms with van der Waals surface area (Å²) in [6, 6.07) is 8.15. The van der Waals surface area contributed by atoms with Crippen LogP contribution in [0.25, 0.3) is 0 Å². The maximum Gasteiger partial charge on any atom is 0.308 e. The van der Waals surface area contributed by atoms with E-state index in [9.17, 15) is 9.59 Å². The summed E-state index contributed by atoms with van der Waals surface area (Å²) in [6.07, 6.45) is 4.27. The number of nitrogens with zero attached hydrogens (tertiary/aromatic N) is 3. The molecule has 0 aromatic heterocycles. The minimum atomic E-state index is -0.116. The van der Waals surface area contributed by atoms with Gasteiger partial charge in [-0.05, 0) is 43.4 Å². The van der Waals surface area contributed by atoms with E-state index >= 15 is 0 Å². The van der Waals surface area contributed by atoms with Gasteiger partial charge in [-0.3, -0.25) is 14.6 Å². The number of benzene rings is 1. The van der Waals surface area contributed by atoms with Crippen LogP contribution >= 0.6 is 0 Å². The van der Waals surface area contributed by atoms with Gasteiger partial charge in [0.2, 0.25) is 5.91 Å². The van der Waals surface area contributed by atoms with E-state index in [1.165, 1.54) is 7.11 Å². The van der Waals surface area contributed by atoms with Crippen LogP contribution in [0, 0.1) is 5.92 Å². The first-order chi connectivity index (χ1) is 13.6. The van der Waals surface area contributed by atoms with Gasteiger partial charge in [0, 0.05) is 45.3 Å². The Morgan fingerprint density at radius 1 is 1.18 bits per heavy atom. The highest BCUT2D eigenvalue weighted by Gasteiger charge is 2.27. The number of methoxy groups -OCH3 is 1. The second-order valence-electron chi connectivity index (χ2n) is 7.35. The van der Waals surface area contributed by atoms with Crippen molar-refractivity contribution in [1.29, 1.82) is 0 Å². The van der Waals surface area contributed by atoms with Crippen molar-refractivity contribution in [2.75, 3.05) is 38.7 Å². The summed E-state index contributed by atoms with van der Waals surface area (Å²) >= 11 is 0. The van der Waals surface area contributed by atoms with Crippen molar-refractivity contribution in [2.45, 2.75) is 38.6 Å². The molecule has 1 aromatic rings. The Morgan fingerprint density at radius 3 is 2.50 bits per heavy atom. The van der Waals surface area contributed by atoms with E-state index in [1.807, 2.05) is 17.0 Å². The van der Waals surface area contributed by atoms with Crippen LogP contribution in [0.2, 0.25) is 0 Å². The Hall–Kier alpha value is -2.57. The van der Waals surface area contributed by atoms with Crippen molar-refractivity contribution >= 4 is 23.5 Å². The Labute approximate surface area is 166 Å². The van der Waals surface area contributed by atoms with Gasteiger partial charge in [-0.1, -0.05) is 12.1 Å². The zero-order valence-corrected chi connectivity index (χ0v) is 16.8. The van der Waals surface area contributed by atoms with Gasteiger partial charge >= 0.3 is 5.97 Å². The molecule has 0 atom stereocenters. The van der Waals surface area contributed by atoms with Crippen molar-refractivity contribution in [3.05, 3.63) is 29.8 Å². The summed E-state index contributed by atoms with van der Waals surface area (Å²) in [5.41, 5.74) is 2.11. The van der Waals surface area contributed by atoms with Crippen LogP contribution in [0.1, 0.15) is 37.7 Å². The van der Waals surface area contributed by atoms with Gasteiger partial charge in [-0.15, -0.1) is 0 Å². The van der Waals surface area contributed by atoms with Crippen LogP contribution in [-0.2, 0) is 20.9 Å². The predicted octanol–water partition coefficient (Wildman–Crippen LogP) is 2.16. The van der Waals surface area contributed by atoms with Crippen molar-refractivity contribution < 1.29 is 14.3 Å². The second-order valence-corrected chi connectivity index (χ2v) is 7.35. The largest absolute Gasteiger partial charge is 0.469 e. The van der Waals surface area contributed by atoms with E-state index in [1.54, 1.807) is 7.05 Å². The lowest BCUT2D eigenvalue weighted by molar-refractivity contribution is -0.146. The van der Waals surface area contributed by atoms with Gasteiger partial charge in [0.25, 0.3) is 0 Å². The number of guanidine groups is 1. The van der Waals surface area contributed by atoms with Gasteiger partial charge in [0.05, 0.1) is 13.0 Å². The molecule has 152 valence electrons. The van der Waals surface area contributed by atoms with Crippen molar-refractivity contribution in [2.24, 2.45) is 10.9 Å². The molecule has 2 aliphatic rings. The summed E-state index contributed by atoms with van der Waals surface area (Å²) in [5, 5.41) is 3.40. The van der Waals surface area contributed by atoms with Crippen LogP contribution < -0.4 is 10.2 Å². The van der Waals surface area contributed by atoms with Gasteiger partial charge < -0.3 is 19.9 Å². The summed E-state index contributed by atoms with van der Waals surface area (Å²) in [5.74, 6) is 0.936. The average Bonchev–Trinajstić information content (AvgIpc) is 2.75. The average molecular weight is 386 g/mol. The van der Waals surface area contributed by atoms with E-state index in [0.29, 0.717) is 13.0 Å². The molecule has 0 spiro atoms. The maximum atomic E-state index is 12.1. The molecule has 0 radical (unpaired) electrons. The van der Waals surface area contributed by atoms with E-state index in [2.05, 4.69) is 27.3 Å². The third kappa shape index (κ3) is 4.82. The van der Waals surface area contributed by atoms with Gasteiger partial charge in [0.1, 0.15) is 0 Å². The van der Waals surface area contributed by atoms with Crippen LogP contribution in [-0.4, -0.2) is 56.5 Å². The zero-order valence-electron chi connectivity index (χ0n) is 16.8. The molecule has 0 aliphatic carbocycles. The number of piperidine rings is 2. The summed E-state index contributed by atoms with van der Waals surface area (Å²) < 4.78 is 4.85. The number of ether oxygens (including phenoxy) is 1. The maximum absolute atomic E-state index is 12.1. The molecule has 0 unspecified atom stereocenters. The monoisotopic (exact) mass is 386 g/mol. The highest BCUT2D eigenvalue weighted by atomic mass is 16.5. The van der Waals surface area contributed by atoms with E-state index in [0.717, 1.165) is 62.5 Å². The number of anilines is 1. The molecule has 7 nitrogen and oxygen atoms in total. The highest BCUT2D eigenvalue weighted by molar-refractivity contribution is 5.94. The Morgan fingerprint density at radius 2 is 1.89 bits per heavy atom. The van der Waals surface area contributed by atoms with Crippen molar-refractivity contribution in [3.8, 4) is 0 Å². The molecule has 1 amide bonds. The molecule has 2 aliphatic heterocycles. The fourth-order valence-electron chi connectivity index (χ4n) is 3.88. The first kappa shape index (κ1) is 20.2. The number of carbonyl (C=O) groups excluding carboxylic acids is 2. The minimum Gasteiger partial charge on any atom is -0.469 e. The predicted molar refractivity (Wildman–Crippen MR) is 109 cm³/mol. The quantitative estimate of drug-likeness (QED) is 0.488. The third-order valence-electron chi connectivity index (χ3n) is 5.56. The third-order valence-corrected chi connectivity index (χ3v) is 5.56. The van der Waals surface area contributed by atoms with E-state index in [-0.39, 0.29) is 17.8 Å². The topological polar surface area (TPSA) is 74.2 Å². The highest BCUT2D eigenvalue weighted by Crippen LogP contribution is 2.21. The smallest absolute Gasteiger partial charge is 0.308 e. The molecule has 0 bridgehead atoms. The second kappa shape index (κ2) is 9.57. The molecule has 7 heteroatoms. The zero-order chi connectivity index (χ0) is 19.9. The number of amides is 1. The summed E-state index contributed by atoms with van der Waals surface area (Å²) in [6.45, 7) is 3.05. The number of carbonyl (C=O) groups is 2. The number of hydrogen-bond acceptors (Lipinski definition) is 4. The van der Waals surface area contributed by atoms with Crippen molar-refractivity contribution in [3.63, 3.8) is 0 Å². The van der Waals surface area contributed by atoms with E-state index in [4.69, 9.17) is 4.74 Å². The van der Waals surface area contributed by atoms with Gasteiger partial charge in [-0.25, -0.2) is 0 Å².